The smallest absolute Gasteiger partial charge is 0.313 e. The highest BCUT2D eigenvalue weighted by molar-refractivity contribution is 9.10. The molecule has 4 nitrogen and oxygen atoms in total. The Hall–Kier alpha value is -1.85. The van der Waals surface area contributed by atoms with Gasteiger partial charge in [-0.25, -0.2) is 9.80 Å². The van der Waals surface area contributed by atoms with Crippen LogP contribution in [0.1, 0.15) is 18.9 Å². The van der Waals surface area contributed by atoms with Crippen LogP contribution >= 0.6 is 15.9 Å². The van der Waals surface area contributed by atoms with Crippen LogP contribution in [0, 0.1) is 0 Å². The van der Waals surface area contributed by atoms with Crippen LogP contribution in [-0.2, 0) is 5.66 Å². The summed E-state index contributed by atoms with van der Waals surface area (Å²) >= 11 is 3.40. The van der Waals surface area contributed by atoms with Gasteiger partial charge in [-0.15, -0.1) is 0 Å². The molecule has 1 aliphatic rings. The molecule has 2 aromatic rings. The van der Waals surface area contributed by atoms with Crippen LogP contribution in [-0.4, -0.2) is 6.03 Å². The summed E-state index contributed by atoms with van der Waals surface area (Å²) in [6.07, 6.45) is 0.746. The summed E-state index contributed by atoms with van der Waals surface area (Å²) in [7, 11) is 0. The summed E-state index contributed by atoms with van der Waals surface area (Å²) in [5.74, 6) is 0. The Labute approximate surface area is 132 Å². The molecule has 3 rings (SSSR count). The van der Waals surface area contributed by atoms with E-state index in [9.17, 15) is 4.79 Å². The monoisotopic (exact) mass is 345 g/mol. The highest BCUT2D eigenvalue weighted by atomic mass is 79.9. The maximum absolute atomic E-state index is 12.3. The fraction of sp³-hybridized carbons (Fsp3) is 0.188. The van der Waals surface area contributed by atoms with Gasteiger partial charge in [0.15, 0.2) is 0 Å². The van der Waals surface area contributed by atoms with E-state index in [1.807, 2.05) is 61.5 Å². The molecule has 0 radical (unpaired) electrons. The van der Waals surface area contributed by atoms with E-state index < -0.39 is 5.66 Å². The summed E-state index contributed by atoms with van der Waals surface area (Å²) in [5.41, 5.74) is 4.60. The summed E-state index contributed by atoms with van der Waals surface area (Å²) in [4.78, 5) is 12.3. The van der Waals surface area contributed by atoms with Crippen molar-refractivity contribution in [3.8, 4) is 0 Å². The minimum Gasteiger partial charge on any atom is -0.313 e. The molecule has 2 aromatic carbocycles. The maximum Gasteiger partial charge on any atom is 0.338 e. The molecule has 0 unspecified atom stereocenters. The number of halogens is 1. The molecule has 1 heterocycles. The van der Waals surface area contributed by atoms with E-state index in [0.29, 0.717) is 0 Å². The van der Waals surface area contributed by atoms with E-state index in [1.54, 1.807) is 5.01 Å². The van der Waals surface area contributed by atoms with E-state index in [1.165, 1.54) is 0 Å². The first kappa shape index (κ1) is 14.1. The number of hydrogen-bond acceptors (Lipinski definition) is 2. The Morgan fingerprint density at radius 2 is 1.76 bits per heavy atom. The number of benzene rings is 2. The number of urea groups is 1. The predicted octanol–water partition coefficient (Wildman–Crippen LogP) is 3.75. The van der Waals surface area contributed by atoms with Crippen LogP contribution < -0.4 is 15.8 Å². The van der Waals surface area contributed by atoms with E-state index in [-0.39, 0.29) is 6.03 Å². The second-order valence-electron chi connectivity index (χ2n) is 4.98. The van der Waals surface area contributed by atoms with Crippen molar-refractivity contribution in [1.29, 1.82) is 0 Å². The van der Waals surface area contributed by atoms with Crippen molar-refractivity contribution in [2.24, 2.45) is 0 Å². The summed E-state index contributed by atoms with van der Waals surface area (Å²) in [6.45, 7) is 2.05. The average molecular weight is 346 g/mol. The summed E-state index contributed by atoms with van der Waals surface area (Å²) < 4.78 is 0.982. The minimum absolute atomic E-state index is 0.150. The Bertz CT molecular complexity index is 644. The van der Waals surface area contributed by atoms with Crippen molar-refractivity contribution < 1.29 is 4.79 Å². The normalized spacial score (nSPS) is 21.4. The molecule has 0 aromatic heterocycles. The molecule has 108 valence electrons. The second kappa shape index (κ2) is 5.50. The van der Waals surface area contributed by atoms with Crippen molar-refractivity contribution in [1.82, 2.24) is 10.7 Å². The second-order valence-corrected chi connectivity index (χ2v) is 5.89. The van der Waals surface area contributed by atoms with E-state index in [4.69, 9.17) is 0 Å². The average Bonchev–Trinajstić information content (AvgIpc) is 2.87. The minimum atomic E-state index is -0.564. The van der Waals surface area contributed by atoms with Gasteiger partial charge in [0.1, 0.15) is 5.66 Å². The number of amides is 2. The molecule has 0 bridgehead atoms. The van der Waals surface area contributed by atoms with Gasteiger partial charge in [0.05, 0.1) is 5.69 Å². The molecule has 1 saturated heterocycles. The number of anilines is 1. The zero-order valence-electron chi connectivity index (χ0n) is 11.6. The van der Waals surface area contributed by atoms with Crippen molar-refractivity contribution in [3.05, 3.63) is 64.6 Å². The number of hydrogen-bond donors (Lipinski definition) is 2. The Morgan fingerprint density at radius 1 is 1.10 bits per heavy atom. The van der Waals surface area contributed by atoms with Crippen LogP contribution in [0.5, 0.6) is 0 Å². The molecular formula is C16H16BrN3O. The Balaban J connectivity index is 1.94. The molecule has 1 fully saturated rings. The largest absolute Gasteiger partial charge is 0.338 e. The molecule has 21 heavy (non-hydrogen) atoms. The lowest BCUT2D eigenvalue weighted by molar-refractivity contribution is 0.245. The molecule has 1 atom stereocenters. The number of hydrazine groups is 1. The van der Waals surface area contributed by atoms with E-state index in [2.05, 4.69) is 26.7 Å². The first-order valence-electron chi connectivity index (χ1n) is 6.86. The topological polar surface area (TPSA) is 44.4 Å². The van der Waals surface area contributed by atoms with Gasteiger partial charge < -0.3 is 5.32 Å². The van der Waals surface area contributed by atoms with Crippen molar-refractivity contribution >= 4 is 27.6 Å². The molecule has 0 spiro atoms. The third kappa shape index (κ3) is 2.54. The lowest BCUT2D eigenvalue weighted by Crippen LogP contribution is -2.47. The zero-order valence-corrected chi connectivity index (χ0v) is 13.2. The lowest BCUT2D eigenvalue weighted by Gasteiger charge is -2.28. The van der Waals surface area contributed by atoms with Gasteiger partial charge in [-0.1, -0.05) is 53.2 Å². The SMILES string of the molecule is CC[C@@]1(c2ccccc2)NC(=O)N(c2ccc(Br)cc2)N1. The van der Waals surface area contributed by atoms with Crippen LogP contribution in [0.3, 0.4) is 0 Å². The van der Waals surface area contributed by atoms with Crippen LogP contribution in [0.15, 0.2) is 59.1 Å². The van der Waals surface area contributed by atoms with Gasteiger partial charge in [0.2, 0.25) is 0 Å². The van der Waals surface area contributed by atoms with Crippen LogP contribution in [0.4, 0.5) is 10.5 Å². The molecule has 2 N–H and O–H groups in total. The first-order valence-corrected chi connectivity index (χ1v) is 7.65. The number of rotatable bonds is 3. The Kier molecular flexibility index (Phi) is 3.69. The molecule has 2 amide bonds. The fourth-order valence-corrected chi connectivity index (χ4v) is 2.78. The summed E-state index contributed by atoms with van der Waals surface area (Å²) in [6, 6.07) is 17.4. The summed E-state index contributed by atoms with van der Waals surface area (Å²) in [5, 5.41) is 4.62. The number of nitrogens with one attached hydrogen (secondary N) is 2. The van der Waals surface area contributed by atoms with Gasteiger partial charge >= 0.3 is 6.03 Å². The number of carbonyl (C=O) groups is 1. The van der Waals surface area contributed by atoms with Gasteiger partial charge in [0.25, 0.3) is 0 Å². The third-order valence-electron chi connectivity index (χ3n) is 3.71. The maximum atomic E-state index is 12.3. The van der Waals surface area contributed by atoms with Crippen LogP contribution in [0.25, 0.3) is 0 Å². The molecule has 0 aliphatic carbocycles. The van der Waals surface area contributed by atoms with Gasteiger partial charge in [0, 0.05) is 4.47 Å². The van der Waals surface area contributed by atoms with E-state index in [0.717, 1.165) is 22.1 Å². The van der Waals surface area contributed by atoms with Crippen LogP contribution in [0.2, 0.25) is 0 Å². The highest BCUT2D eigenvalue weighted by Crippen LogP contribution is 2.29. The first-order chi connectivity index (χ1) is 10.1. The zero-order chi connectivity index (χ0) is 14.9. The molecule has 1 aliphatic heterocycles. The number of nitrogens with zero attached hydrogens (tertiary/aromatic N) is 1. The molecule has 0 saturated carbocycles. The van der Waals surface area contributed by atoms with Crippen molar-refractivity contribution in [2.45, 2.75) is 19.0 Å². The predicted molar refractivity (Wildman–Crippen MR) is 86.7 cm³/mol. The lowest BCUT2D eigenvalue weighted by atomic mass is 9.98. The highest BCUT2D eigenvalue weighted by Gasteiger charge is 2.42. The standard InChI is InChI=1S/C16H16BrN3O/c1-2-16(12-6-4-3-5-7-12)18-15(21)20(19-16)14-10-8-13(17)9-11-14/h3-11,19H,2H2,1H3,(H,18,21)/t16-/m1/s1. The fourth-order valence-electron chi connectivity index (χ4n) is 2.51. The molecular weight excluding hydrogens is 330 g/mol. The Morgan fingerprint density at radius 3 is 2.38 bits per heavy atom. The van der Waals surface area contributed by atoms with Gasteiger partial charge in [-0.3, -0.25) is 0 Å². The van der Waals surface area contributed by atoms with Gasteiger partial charge in [-0.2, -0.15) is 5.43 Å². The van der Waals surface area contributed by atoms with E-state index >= 15 is 0 Å². The molecule has 5 heteroatoms. The number of carbonyl (C=O) groups excluding carboxylic acids is 1. The van der Waals surface area contributed by atoms with Gasteiger partial charge in [-0.05, 0) is 36.2 Å². The van der Waals surface area contributed by atoms with Crippen molar-refractivity contribution in [2.75, 3.05) is 5.01 Å². The quantitative estimate of drug-likeness (QED) is 0.889. The third-order valence-corrected chi connectivity index (χ3v) is 4.24. The van der Waals surface area contributed by atoms with Crippen molar-refractivity contribution in [3.63, 3.8) is 0 Å².